The number of ether oxygens (including phenoxy) is 3. The molecular weight excluding hydrogens is 787 g/mol. The van der Waals surface area contributed by atoms with Crippen molar-refractivity contribution in [3.05, 3.63) is 105 Å². The molecule has 0 saturated carbocycles. The topological polar surface area (TPSA) is 174 Å². The monoisotopic (exact) mass is 830 g/mol. The number of nitrogens with one attached hydrogen (secondary N) is 2. The summed E-state index contributed by atoms with van der Waals surface area (Å²) in [6.07, 6.45) is 3.53. The van der Waals surface area contributed by atoms with Gasteiger partial charge in [-0.2, -0.15) is 0 Å². The average Bonchev–Trinajstić information content (AvgIpc) is 3.62. The average molecular weight is 832 g/mol. The van der Waals surface area contributed by atoms with Crippen LogP contribution in [0.4, 0.5) is 4.79 Å². The molecule has 1 saturated heterocycles. The molecule has 58 heavy (non-hydrogen) atoms. The highest BCUT2D eigenvalue weighted by atomic mass is 35.5. The number of halogens is 2. The molecule has 1 fully saturated rings. The molecule has 304 valence electrons. The summed E-state index contributed by atoms with van der Waals surface area (Å²) in [5.74, 6) is -0.397. The van der Waals surface area contributed by atoms with Crippen LogP contribution in [0.2, 0.25) is 10.0 Å². The highest BCUT2D eigenvalue weighted by molar-refractivity contribution is 6.39. The second-order valence-electron chi connectivity index (χ2n) is 14.7. The zero-order chi connectivity index (χ0) is 41.7. The van der Waals surface area contributed by atoms with Gasteiger partial charge < -0.3 is 29.5 Å². The fraction of sp³-hybridized carbons (Fsp3) is 0.333. The molecule has 3 N–H and O–H groups in total. The van der Waals surface area contributed by atoms with E-state index in [0.29, 0.717) is 79.1 Å². The van der Waals surface area contributed by atoms with Crippen molar-refractivity contribution in [3.63, 3.8) is 0 Å². The lowest BCUT2D eigenvalue weighted by molar-refractivity contribution is -0.144. The Labute approximate surface area is 345 Å². The van der Waals surface area contributed by atoms with Crippen molar-refractivity contribution in [2.45, 2.75) is 64.4 Å². The predicted molar refractivity (Wildman–Crippen MR) is 220 cm³/mol. The molecular formula is C42H44Cl2N6O8. The van der Waals surface area contributed by atoms with Gasteiger partial charge in [-0.1, -0.05) is 59.6 Å². The standard InChI is InChI=1S/C42H44Cl2N6O8/c1-42(2,3)58-41(55)49(22-27-13-15-35(52)47-27)21-25-12-14-32(48-38(25)56-4)31-11-7-10-30(37(31)44)29-9-6-8-28(36(29)43)24-16-17-50-34(18-24)46-20-26(39(50)53)19-45-33(23-51)40(54)57-5/h6-12,14,16-18,20,27,33,45,51H,13,15,19,21-23H2,1-5H3,(H,47,52)/t27-,33-/m0/s1. The van der Waals surface area contributed by atoms with Crippen molar-refractivity contribution >= 4 is 46.8 Å². The Balaban J connectivity index is 1.27. The fourth-order valence-electron chi connectivity index (χ4n) is 6.63. The van der Waals surface area contributed by atoms with E-state index in [0.717, 1.165) is 0 Å². The summed E-state index contributed by atoms with van der Waals surface area (Å²) in [7, 11) is 2.72. The molecule has 0 bridgehead atoms. The number of fused-ring (bicyclic) bond motifs is 1. The maximum absolute atomic E-state index is 13.3. The summed E-state index contributed by atoms with van der Waals surface area (Å²) < 4.78 is 17.5. The normalized spacial score (nSPS) is 14.6. The molecule has 2 atom stereocenters. The second-order valence-corrected chi connectivity index (χ2v) is 15.5. The highest BCUT2D eigenvalue weighted by Gasteiger charge is 2.29. The molecule has 0 spiro atoms. The molecule has 16 heteroatoms. The number of benzene rings is 2. The Morgan fingerprint density at radius 3 is 2.33 bits per heavy atom. The molecule has 2 aromatic carbocycles. The number of hydrogen-bond donors (Lipinski definition) is 3. The van der Waals surface area contributed by atoms with Gasteiger partial charge in [-0.15, -0.1) is 0 Å². The van der Waals surface area contributed by atoms with Gasteiger partial charge in [0.25, 0.3) is 5.56 Å². The Kier molecular flexibility index (Phi) is 13.0. The molecule has 6 rings (SSSR count). The second kappa shape index (κ2) is 17.9. The Bertz CT molecular complexity index is 2420. The Morgan fingerprint density at radius 1 is 1.00 bits per heavy atom. The maximum Gasteiger partial charge on any atom is 0.410 e. The smallest absolute Gasteiger partial charge is 0.410 e. The number of aliphatic hydroxyl groups excluding tert-OH is 1. The molecule has 4 heterocycles. The Morgan fingerprint density at radius 2 is 1.69 bits per heavy atom. The molecule has 5 aromatic rings. The van der Waals surface area contributed by atoms with Crippen molar-refractivity contribution in [2.75, 3.05) is 27.4 Å². The molecule has 1 aliphatic rings. The lowest BCUT2D eigenvalue weighted by Crippen LogP contribution is -2.43. The molecule has 1 aliphatic heterocycles. The van der Waals surface area contributed by atoms with Crippen LogP contribution in [-0.2, 0) is 32.2 Å². The van der Waals surface area contributed by atoms with E-state index in [9.17, 15) is 24.3 Å². The molecule has 0 radical (unpaired) electrons. The third-order valence-electron chi connectivity index (χ3n) is 9.53. The minimum Gasteiger partial charge on any atom is -0.481 e. The number of methoxy groups -OCH3 is 2. The zero-order valence-electron chi connectivity index (χ0n) is 32.7. The van der Waals surface area contributed by atoms with E-state index in [1.807, 2.05) is 42.5 Å². The van der Waals surface area contributed by atoms with E-state index in [1.54, 1.807) is 50.1 Å². The van der Waals surface area contributed by atoms with Gasteiger partial charge in [0.1, 0.15) is 17.3 Å². The predicted octanol–water partition coefficient (Wildman–Crippen LogP) is 6.05. The van der Waals surface area contributed by atoms with Gasteiger partial charge in [-0.05, 0) is 57.0 Å². The number of hydrogen-bond acceptors (Lipinski definition) is 11. The number of pyridine rings is 2. The third kappa shape index (κ3) is 9.42. The largest absolute Gasteiger partial charge is 0.481 e. The van der Waals surface area contributed by atoms with Crippen LogP contribution in [0, 0.1) is 0 Å². The lowest BCUT2D eigenvalue weighted by atomic mass is 9.97. The van der Waals surface area contributed by atoms with Gasteiger partial charge in [0.05, 0.1) is 48.7 Å². The zero-order valence-corrected chi connectivity index (χ0v) is 34.2. The highest BCUT2D eigenvalue weighted by Crippen LogP contribution is 2.42. The number of amides is 2. The van der Waals surface area contributed by atoms with Gasteiger partial charge in [-0.3, -0.25) is 24.1 Å². The lowest BCUT2D eigenvalue weighted by Gasteiger charge is -2.29. The molecule has 0 unspecified atom stereocenters. The van der Waals surface area contributed by atoms with E-state index in [4.69, 9.17) is 37.7 Å². The first-order chi connectivity index (χ1) is 27.7. The fourth-order valence-corrected chi connectivity index (χ4v) is 7.29. The number of carbonyl (C=O) groups excluding carboxylic acids is 3. The van der Waals surface area contributed by atoms with Crippen LogP contribution in [0.3, 0.4) is 0 Å². The van der Waals surface area contributed by atoms with E-state index < -0.39 is 30.3 Å². The first-order valence-electron chi connectivity index (χ1n) is 18.5. The van der Waals surface area contributed by atoms with Crippen molar-refractivity contribution < 1.29 is 33.7 Å². The molecule has 3 aromatic heterocycles. The number of aromatic nitrogens is 3. The van der Waals surface area contributed by atoms with Crippen molar-refractivity contribution in [1.82, 2.24) is 29.9 Å². The Hall–Kier alpha value is -5.54. The molecule has 0 aliphatic carbocycles. The van der Waals surface area contributed by atoms with E-state index in [2.05, 4.69) is 20.4 Å². The summed E-state index contributed by atoms with van der Waals surface area (Å²) in [6.45, 7) is 5.29. The van der Waals surface area contributed by atoms with E-state index in [-0.39, 0.29) is 37.1 Å². The number of carbonyl (C=O) groups is 3. The van der Waals surface area contributed by atoms with Gasteiger partial charge in [-0.25, -0.2) is 14.8 Å². The van der Waals surface area contributed by atoms with Crippen LogP contribution in [0.25, 0.3) is 39.2 Å². The van der Waals surface area contributed by atoms with Crippen LogP contribution >= 0.6 is 23.2 Å². The van der Waals surface area contributed by atoms with Gasteiger partial charge in [0.2, 0.25) is 11.8 Å². The van der Waals surface area contributed by atoms with Crippen LogP contribution < -0.4 is 20.9 Å². The number of nitrogens with zero attached hydrogens (tertiary/aromatic N) is 4. The summed E-state index contributed by atoms with van der Waals surface area (Å²) in [5, 5.41) is 16.1. The molecule has 2 amide bonds. The molecule has 14 nitrogen and oxygen atoms in total. The summed E-state index contributed by atoms with van der Waals surface area (Å²) in [5.41, 5.74) is 4.12. The van der Waals surface area contributed by atoms with Gasteiger partial charge in [0, 0.05) is 65.8 Å². The first-order valence-corrected chi connectivity index (χ1v) is 19.3. The summed E-state index contributed by atoms with van der Waals surface area (Å²) in [6, 6.07) is 17.1. The quantitative estimate of drug-likeness (QED) is 0.118. The third-order valence-corrected chi connectivity index (χ3v) is 10.3. The van der Waals surface area contributed by atoms with Crippen LogP contribution in [0.1, 0.15) is 44.7 Å². The minimum atomic E-state index is -0.982. The van der Waals surface area contributed by atoms with Crippen LogP contribution in [0.15, 0.2) is 77.9 Å². The number of aliphatic hydroxyl groups is 1. The summed E-state index contributed by atoms with van der Waals surface area (Å²) in [4.78, 5) is 61.1. The van der Waals surface area contributed by atoms with E-state index >= 15 is 0 Å². The van der Waals surface area contributed by atoms with Crippen LogP contribution in [-0.4, -0.2) is 87.4 Å². The summed E-state index contributed by atoms with van der Waals surface area (Å²) >= 11 is 14.2. The SMILES string of the molecule is COC(=O)[C@H](CO)NCc1cnc2cc(-c3cccc(-c4cccc(-c5ccc(CN(C[C@@H]6CCC(=O)N6)C(=O)OC(C)(C)C)c(OC)n5)c4Cl)c3Cl)ccn2c1=O. The van der Waals surface area contributed by atoms with Crippen molar-refractivity contribution in [1.29, 1.82) is 0 Å². The van der Waals surface area contributed by atoms with Crippen LogP contribution in [0.5, 0.6) is 5.88 Å². The van der Waals surface area contributed by atoms with Crippen molar-refractivity contribution in [3.8, 4) is 39.4 Å². The van der Waals surface area contributed by atoms with Crippen molar-refractivity contribution in [2.24, 2.45) is 0 Å². The van der Waals surface area contributed by atoms with E-state index in [1.165, 1.54) is 24.8 Å². The number of rotatable bonds is 13. The maximum atomic E-state index is 13.3. The van der Waals surface area contributed by atoms with Gasteiger partial charge >= 0.3 is 12.1 Å². The number of esters is 1. The first kappa shape index (κ1) is 42.1. The van der Waals surface area contributed by atoms with Gasteiger partial charge in [0.15, 0.2) is 0 Å². The minimum absolute atomic E-state index is 0.00788.